The second-order valence-electron chi connectivity index (χ2n) is 4.84. The standard InChI is InChI=1S/C17H20N2O2/c1-3-19-12(2)14-5-4-6-16(11-14)21-15-9-7-13(8-10-15)17(18)20/h4-12,19H,3H2,1-2H3,(H2,18,20). The molecule has 2 aromatic rings. The third-order valence-corrected chi connectivity index (χ3v) is 3.24. The Morgan fingerprint density at radius 3 is 2.52 bits per heavy atom. The van der Waals surface area contributed by atoms with Crippen LogP contribution in [-0.4, -0.2) is 12.5 Å². The van der Waals surface area contributed by atoms with Gasteiger partial charge in [0.15, 0.2) is 0 Å². The van der Waals surface area contributed by atoms with Crippen LogP contribution in [0.3, 0.4) is 0 Å². The topological polar surface area (TPSA) is 64.3 Å². The lowest BCUT2D eigenvalue weighted by molar-refractivity contribution is 0.100. The number of benzene rings is 2. The summed E-state index contributed by atoms with van der Waals surface area (Å²) in [5.41, 5.74) is 6.85. The summed E-state index contributed by atoms with van der Waals surface area (Å²) in [5, 5.41) is 3.37. The molecule has 110 valence electrons. The summed E-state index contributed by atoms with van der Waals surface area (Å²) in [6.07, 6.45) is 0. The lowest BCUT2D eigenvalue weighted by Gasteiger charge is -2.14. The van der Waals surface area contributed by atoms with E-state index in [9.17, 15) is 4.79 Å². The highest BCUT2D eigenvalue weighted by molar-refractivity contribution is 5.92. The van der Waals surface area contributed by atoms with E-state index in [0.29, 0.717) is 11.3 Å². The third kappa shape index (κ3) is 4.07. The molecule has 0 bridgehead atoms. The van der Waals surface area contributed by atoms with Crippen LogP contribution < -0.4 is 15.8 Å². The fourth-order valence-electron chi connectivity index (χ4n) is 2.09. The Kier molecular flexibility index (Phi) is 4.95. The number of carbonyl (C=O) groups excluding carboxylic acids is 1. The summed E-state index contributed by atoms with van der Waals surface area (Å²) >= 11 is 0. The molecule has 0 spiro atoms. The Morgan fingerprint density at radius 2 is 1.90 bits per heavy atom. The molecule has 0 heterocycles. The average Bonchev–Trinajstić information content (AvgIpc) is 2.48. The van der Waals surface area contributed by atoms with E-state index in [2.05, 4.69) is 25.2 Å². The molecule has 0 saturated carbocycles. The normalized spacial score (nSPS) is 11.9. The molecule has 2 aromatic carbocycles. The van der Waals surface area contributed by atoms with E-state index < -0.39 is 5.91 Å². The Morgan fingerprint density at radius 1 is 1.19 bits per heavy atom. The zero-order valence-corrected chi connectivity index (χ0v) is 12.3. The molecule has 0 aromatic heterocycles. The number of ether oxygens (including phenoxy) is 1. The van der Waals surface area contributed by atoms with Crippen molar-refractivity contribution < 1.29 is 9.53 Å². The predicted octanol–water partition coefficient (Wildman–Crippen LogP) is 3.25. The van der Waals surface area contributed by atoms with Gasteiger partial charge in [0.25, 0.3) is 0 Å². The fourth-order valence-corrected chi connectivity index (χ4v) is 2.09. The van der Waals surface area contributed by atoms with Crippen molar-refractivity contribution in [3.63, 3.8) is 0 Å². The lowest BCUT2D eigenvalue weighted by Crippen LogP contribution is -2.17. The molecule has 21 heavy (non-hydrogen) atoms. The van der Waals surface area contributed by atoms with Gasteiger partial charge in [-0.1, -0.05) is 19.1 Å². The number of rotatable bonds is 6. The van der Waals surface area contributed by atoms with Crippen LogP contribution in [0.1, 0.15) is 35.8 Å². The number of hydrogen-bond acceptors (Lipinski definition) is 3. The highest BCUT2D eigenvalue weighted by atomic mass is 16.5. The first-order valence-corrected chi connectivity index (χ1v) is 7.01. The number of carbonyl (C=O) groups is 1. The maximum absolute atomic E-state index is 11.0. The third-order valence-electron chi connectivity index (χ3n) is 3.24. The van der Waals surface area contributed by atoms with Crippen LogP contribution in [0.5, 0.6) is 11.5 Å². The first-order valence-electron chi connectivity index (χ1n) is 7.01. The average molecular weight is 284 g/mol. The Labute approximate surface area is 124 Å². The van der Waals surface area contributed by atoms with Gasteiger partial charge in [0.1, 0.15) is 11.5 Å². The lowest BCUT2D eigenvalue weighted by atomic mass is 10.1. The van der Waals surface area contributed by atoms with Gasteiger partial charge in [0, 0.05) is 11.6 Å². The predicted molar refractivity (Wildman–Crippen MR) is 83.6 cm³/mol. The van der Waals surface area contributed by atoms with Crippen LogP contribution >= 0.6 is 0 Å². The number of nitrogens with two attached hydrogens (primary N) is 1. The van der Waals surface area contributed by atoms with Crippen molar-refractivity contribution >= 4 is 5.91 Å². The molecule has 0 saturated heterocycles. The molecular formula is C17H20N2O2. The second-order valence-corrected chi connectivity index (χ2v) is 4.84. The maximum atomic E-state index is 11.0. The zero-order valence-electron chi connectivity index (χ0n) is 12.3. The number of primary amides is 1. The van der Waals surface area contributed by atoms with Gasteiger partial charge in [-0.15, -0.1) is 0 Å². The van der Waals surface area contributed by atoms with Crippen LogP contribution in [-0.2, 0) is 0 Å². The minimum atomic E-state index is -0.442. The molecule has 1 atom stereocenters. The van der Waals surface area contributed by atoms with Crippen LogP contribution in [0.15, 0.2) is 48.5 Å². The van der Waals surface area contributed by atoms with Gasteiger partial charge in [-0.2, -0.15) is 0 Å². The second kappa shape index (κ2) is 6.90. The van der Waals surface area contributed by atoms with Crippen molar-refractivity contribution in [1.82, 2.24) is 5.32 Å². The minimum absolute atomic E-state index is 0.274. The van der Waals surface area contributed by atoms with Gasteiger partial charge >= 0.3 is 0 Å². The molecule has 0 radical (unpaired) electrons. The molecule has 0 aliphatic carbocycles. The van der Waals surface area contributed by atoms with E-state index in [1.54, 1.807) is 24.3 Å². The van der Waals surface area contributed by atoms with Crippen molar-refractivity contribution in [1.29, 1.82) is 0 Å². The number of amides is 1. The van der Waals surface area contributed by atoms with Crippen molar-refractivity contribution in [2.45, 2.75) is 19.9 Å². The fraction of sp³-hybridized carbons (Fsp3) is 0.235. The monoisotopic (exact) mass is 284 g/mol. The summed E-state index contributed by atoms with van der Waals surface area (Å²) in [6.45, 7) is 5.11. The van der Waals surface area contributed by atoms with E-state index in [0.717, 1.165) is 12.3 Å². The number of nitrogens with one attached hydrogen (secondary N) is 1. The van der Waals surface area contributed by atoms with Gasteiger partial charge in [0.05, 0.1) is 0 Å². The van der Waals surface area contributed by atoms with E-state index in [1.165, 1.54) is 5.56 Å². The number of hydrogen-bond donors (Lipinski definition) is 2. The molecule has 0 aliphatic heterocycles. The summed E-state index contributed by atoms with van der Waals surface area (Å²) < 4.78 is 5.80. The largest absolute Gasteiger partial charge is 0.457 e. The molecule has 1 unspecified atom stereocenters. The minimum Gasteiger partial charge on any atom is -0.457 e. The summed E-state index contributed by atoms with van der Waals surface area (Å²) in [6, 6.07) is 15.0. The van der Waals surface area contributed by atoms with Gasteiger partial charge in [-0.3, -0.25) is 4.79 Å². The molecule has 4 heteroatoms. The Balaban J connectivity index is 2.12. The van der Waals surface area contributed by atoms with Crippen LogP contribution in [0, 0.1) is 0 Å². The van der Waals surface area contributed by atoms with E-state index >= 15 is 0 Å². The first kappa shape index (κ1) is 15.1. The molecule has 0 fully saturated rings. The molecule has 2 rings (SSSR count). The van der Waals surface area contributed by atoms with Crippen LogP contribution in [0.25, 0.3) is 0 Å². The van der Waals surface area contributed by atoms with Gasteiger partial charge in [0.2, 0.25) is 5.91 Å². The van der Waals surface area contributed by atoms with Crippen LogP contribution in [0.4, 0.5) is 0 Å². The maximum Gasteiger partial charge on any atom is 0.248 e. The first-order chi connectivity index (χ1) is 10.1. The molecule has 3 N–H and O–H groups in total. The summed E-state index contributed by atoms with van der Waals surface area (Å²) in [7, 11) is 0. The summed E-state index contributed by atoms with van der Waals surface area (Å²) in [4.78, 5) is 11.0. The highest BCUT2D eigenvalue weighted by Crippen LogP contribution is 2.24. The van der Waals surface area contributed by atoms with Crippen molar-refractivity contribution in [2.24, 2.45) is 5.73 Å². The Hall–Kier alpha value is -2.33. The highest BCUT2D eigenvalue weighted by Gasteiger charge is 2.06. The summed E-state index contributed by atoms with van der Waals surface area (Å²) in [5.74, 6) is 1.00. The molecular weight excluding hydrogens is 264 g/mol. The quantitative estimate of drug-likeness (QED) is 0.855. The van der Waals surface area contributed by atoms with Crippen LogP contribution in [0.2, 0.25) is 0 Å². The van der Waals surface area contributed by atoms with E-state index in [-0.39, 0.29) is 6.04 Å². The van der Waals surface area contributed by atoms with Gasteiger partial charge in [-0.25, -0.2) is 0 Å². The van der Waals surface area contributed by atoms with E-state index in [4.69, 9.17) is 10.5 Å². The van der Waals surface area contributed by atoms with Crippen molar-refractivity contribution in [3.8, 4) is 11.5 Å². The molecule has 0 aliphatic rings. The van der Waals surface area contributed by atoms with Gasteiger partial charge in [-0.05, 0) is 55.4 Å². The van der Waals surface area contributed by atoms with Gasteiger partial charge < -0.3 is 15.8 Å². The zero-order chi connectivity index (χ0) is 15.2. The SMILES string of the molecule is CCNC(C)c1cccc(Oc2ccc(C(N)=O)cc2)c1. The molecule has 4 nitrogen and oxygen atoms in total. The van der Waals surface area contributed by atoms with Crippen molar-refractivity contribution in [2.75, 3.05) is 6.54 Å². The Bertz CT molecular complexity index is 608. The van der Waals surface area contributed by atoms with Crippen molar-refractivity contribution in [3.05, 3.63) is 59.7 Å². The van der Waals surface area contributed by atoms with E-state index in [1.807, 2.05) is 18.2 Å². The molecule has 1 amide bonds. The smallest absolute Gasteiger partial charge is 0.248 e.